The van der Waals surface area contributed by atoms with Crippen molar-refractivity contribution in [3.8, 4) is 0 Å². The van der Waals surface area contributed by atoms with Gasteiger partial charge in [0.15, 0.2) is 0 Å². The lowest BCUT2D eigenvalue weighted by Crippen LogP contribution is -2.66. The number of rotatable bonds is 4. The Kier molecular flexibility index (Phi) is 5.15. The molecule has 0 aliphatic carbocycles. The van der Waals surface area contributed by atoms with Crippen LogP contribution < -0.4 is 5.32 Å². The highest BCUT2D eigenvalue weighted by molar-refractivity contribution is 5.97. The van der Waals surface area contributed by atoms with E-state index in [-0.39, 0.29) is 23.3 Å². The number of piperazine rings is 1. The fourth-order valence-corrected chi connectivity index (χ4v) is 2.40. The van der Waals surface area contributed by atoms with Crippen LogP contribution in [-0.4, -0.2) is 35.3 Å². The number of amides is 2. The molecule has 2 atom stereocenters. The average molecular weight is 266 g/mol. The average Bonchev–Trinajstić information content (AvgIpc) is 2.32. The Hall–Kier alpha value is -1.32. The summed E-state index contributed by atoms with van der Waals surface area (Å²) in [6, 6.07) is -0.746. The zero-order valence-electron chi connectivity index (χ0n) is 12.7. The van der Waals surface area contributed by atoms with Crippen LogP contribution in [0.5, 0.6) is 0 Å². The standard InChI is InChI=1S/C15H26N2O2/c1-6-8-9-10-17-11(7-2)13(18)16-12(14(17)19)15(3,4)5/h6,8,11-12H,7,9-10H2,1-5H3,(H,16,18)/b8-6+. The van der Waals surface area contributed by atoms with E-state index in [4.69, 9.17) is 0 Å². The number of hydrogen-bond acceptors (Lipinski definition) is 2. The topological polar surface area (TPSA) is 49.4 Å². The third-order valence-corrected chi connectivity index (χ3v) is 3.52. The van der Waals surface area contributed by atoms with Crippen LogP contribution in [0.25, 0.3) is 0 Å². The van der Waals surface area contributed by atoms with Crippen molar-refractivity contribution in [2.24, 2.45) is 5.41 Å². The molecule has 19 heavy (non-hydrogen) atoms. The van der Waals surface area contributed by atoms with Crippen LogP contribution in [0.4, 0.5) is 0 Å². The van der Waals surface area contributed by atoms with E-state index in [9.17, 15) is 9.59 Å². The minimum atomic E-state index is -0.423. The van der Waals surface area contributed by atoms with E-state index in [1.54, 1.807) is 4.90 Å². The lowest BCUT2D eigenvalue weighted by Gasteiger charge is -2.43. The van der Waals surface area contributed by atoms with Crippen molar-refractivity contribution in [1.29, 1.82) is 0 Å². The molecule has 1 heterocycles. The Labute approximate surface area is 116 Å². The first-order chi connectivity index (χ1) is 8.82. The molecule has 2 unspecified atom stereocenters. The molecule has 1 N–H and O–H groups in total. The first-order valence-corrected chi connectivity index (χ1v) is 7.05. The van der Waals surface area contributed by atoms with Crippen LogP contribution in [0.1, 0.15) is 47.5 Å². The molecule has 0 bridgehead atoms. The van der Waals surface area contributed by atoms with Crippen molar-refractivity contribution in [3.63, 3.8) is 0 Å². The molecule has 4 nitrogen and oxygen atoms in total. The van der Waals surface area contributed by atoms with Gasteiger partial charge in [0.2, 0.25) is 11.8 Å². The molecule has 0 aromatic heterocycles. The second kappa shape index (κ2) is 6.22. The van der Waals surface area contributed by atoms with Crippen molar-refractivity contribution >= 4 is 11.8 Å². The van der Waals surface area contributed by atoms with Crippen molar-refractivity contribution in [2.75, 3.05) is 6.54 Å². The predicted molar refractivity (Wildman–Crippen MR) is 76.6 cm³/mol. The summed E-state index contributed by atoms with van der Waals surface area (Å²) in [5.41, 5.74) is -0.260. The molecule has 2 amide bonds. The number of carbonyl (C=O) groups excluding carboxylic acids is 2. The number of nitrogens with zero attached hydrogens (tertiary/aromatic N) is 1. The smallest absolute Gasteiger partial charge is 0.246 e. The lowest BCUT2D eigenvalue weighted by atomic mass is 9.83. The Balaban J connectivity index is 2.92. The molecule has 0 aromatic carbocycles. The van der Waals surface area contributed by atoms with Gasteiger partial charge in [-0.3, -0.25) is 9.59 Å². The maximum absolute atomic E-state index is 12.6. The molecular weight excluding hydrogens is 240 g/mol. The van der Waals surface area contributed by atoms with Gasteiger partial charge in [-0.1, -0.05) is 39.8 Å². The van der Waals surface area contributed by atoms with Gasteiger partial charge in [0.25, 0.3) is 0 Å². The number of carbonyl (C=O) groups is 2. The molecule has 0 saturated carbocycles. The number of hydrogen-bond donors (Lipinski definition) is 1. The van der Waals surface area contributed by atoms with E-state index < -0.39 is 6.04 Å². The second-order valence-corrected chi connectivity index (χ2v) is 6.12. The third-order valence-electron chi connectivity index (χ3n) is 3.52. The minimum absolute atomic E-state index is 0.0255. The molecule has 0 aromatic rings. The summed E-state index contributed by atoms with van der Waals surface area (Å²) in [6.45, 7) is 10.4. The van der Waals surface area contributed by atoms with Crippen molar-refractivity contribution in [1.82, 2.24) is 10.2 Å². The summed E-state index contributed by atoms with van der Waals surface area (Å²) in [4.78, 5) is 26.5. The van der Waals surface area contributed by atoms with Crippen LogP contribution in [0.3, 0.4) is 0 Å². The van der Waals surface area contributed by atoms with Crippen molar-refractivity contribution in [2.45, 2.75) is 59.5 Å². The molecule has 4 heteroatoms. The van der Waals surface area contributed by atoms with Gasteiger partial charge in [0.05, 0.1) is 0 Å². The van der Waals surface area contributed by atoms with E-state index in [0.717, 1.165) is 6.42 Å². The molecule has 0 spiro atoms. The van der Waals surface area contributed by atoms with Gasteiger partial charge in [-0.2, -0.15) is 0 Å². The maximum Gasteiger partial charge on any atom is 0.246 e. The fourth-order valence-electron chi connectivity index (χ4n) is 2.40. The van der Waals surface area contributed by atoms with Crippen LogP contribution in [0, 0.1) is 5.41 Å². The van der Waals surface area contributed by atoms with E-state index in [2.05, 4.69) is 5.32 Å². The first-order valence-electron chi connectivity index (χ1n) is 7.05. The number of nitrogens with one attached hydrogen (secondary N) is 1. The molecule has 1 saturated heterocycles. The molecule has 1 rings (SSSR count). The van der Waals surface area contributed by atoms with E-state index in [1.165, 1.54) is 0 Å². The molecular formula is C15H26N2O2. The molecule has 1 aliphatic rings. The Morgan fingerprint density at radius 3 is 2.42 bits per heavy atom. The summed E-state index contributed by atoms with van der Waals surface area (Å²) in [5, 5.41) is 2.88. The van der Waals surface area contributed by atoms with Gasteiger partial charge >= 0.3 is 0 Å². The van der Waals surface area contributed by atoms with Gasteiger partial charge in [-0.15, -0.1) is 0 Å². The highest BCUT2D eigenvalue weighted by Crippen LogP contribution is 2.26. The summed E-state index contributed by atoms with van der Waals surface area (Å²) in [6.07, 6.45) is 5.45. The molecule has 0 radical (unpaired) electrons. The van der Waals surface area contributed by atoms with Crippen LogP contribution >= 0.6 is 0 Å². The van der Waals surface area contributed by atoms with Crippen molar-refractivity contribution in [3.05, 3.63) is 12.2 Å². The Morgan fingerprint density at radius 1 is 1.32 bits per heavy atom. The van der Waals surface area contributed by atoms with E-state index in [1.807, 2.05) is 46.8 Å². The quantitative estimate of drug-likeness (QED) is 0.792. The predicted octanol–water partition coefficient (Wildman–Crippen LogP) is 2.10. The third kappa shape index (κ3) is 3.58. The van der Waals surface area contributed by atoms with E-state index in [0.29, 0.717) is 13.0 Å². The van der Waals surface area contributed by atoms with E-state index >= 15 is 0 Å². The summed E-state index contributed by atoms with van der Waals surface area (Å²) in [7, 11) is 0. The first kappa shape index (κ1) is 15.7. The zero-order chi connectivity index (χ0) is 14.6. The lowest BCUT2D eigenvalue weighted by molar-refractivity contribution is -0.152. The molecule has 1 fully saturated rings. The van der Waals surface area contributed by atoms with Crippen molar-refractivity contribution < 1.29 is 9.59 Å². The molecule has 1 aliphatic heterocycles. The largest absolute Gasteiger partial charge is 0.342 e. The van der Waals surface area contributed by atoms with Gasteiger partial charge in [0.1, 0.15) is 12.1 Å². The van der Waals surface area contributed by atoms with Gasteiger partial charge in [-0.25, -0.2) is 0 Å². The van der Waals surface area contributed by atoms with Crippen LogP contribution in [0.15, 0.2) is 12.2 Å². The number of allylic oxidation sites excluding steroid dienone is 1. The fraction of sp³-hybridized carbons (Fsp3) is 0.733. The normalized spacial score (nSPS) is 25.0. The second-order valence-electron chi connectivity index (χ2n) is 6.12. The SMILES string of the molecule is C/C=C/CCN1C(=O)C(C(C)(C)C)NC(=O)C1CC. The maximum atomic E-state index is 12.6. The van der Waals surface area contributed by atoms with Gasteiger partial charge in [0, 0.05) is 6.54 Å². The summed E-state index contributed by atoms with van der Waals surface area (Å²) < 4.78 is 0. The zero-order valence-corrected chi connectivity index (χ0v) is 12.7. The van der Waals surface area contributed by atoms with Crippen LogP contribution in [0.2, 0.25) is 0 Å². The highest BCUT2D eigenvalue weighted by atomic mass is 16.2. The summed E-state index contributed by atoms with van der Waals surface area (Å²) >= 11 is 0. The Bertz CT molecular complexity index is 369. The van der Waals surface area contributed by atoms with Crippen LogP contribution in [-0.2, 0) is 9.59 Å². The van der Waals surface area contributed by atoms with Gasteiger partial charge in [-0.05, 0) is 25.2 Å². The molecule has 108 valence electrons. The summed E-state index contributed by atoms with van der Waals surface area (Å²) in [5.74, 6) is 0.0194. The highest BCUT2D eigenvalue weighted by Gasteiger charge is 2.44. The van der Waals surface area contributed by atoms with Gasteiger partial charge < -0.3 is 10.2 Å². The monoisotopic (exact) mass is 266 g/mol. The Morgan fingerprint density at radius 2 is 1.95 bits per heavy atom. The minimum Gasteiger partial charge on any atom is -0.342 e.